The Bertz CT molecular complexity index is 1010. The van der Waals surface area contributed by atoms with Crippen molar-refractivity contribution in [3.63, 3.8) is 0 Å². The van der Waals surface area contributed by atoms with Crippen molar-refractivity contribution in [2.24, 2.45) is 5.16 Å². The van der Waals surface area contributed by atoms with E-state index in [0.717, 1.165) is 32.1 Å². The van der Waals surface area contributed by atoms with Crippen LogP contribution in [0.15, 0.2) is 42.2 Å². The first kappa shape index (κ1) is 18.8. The van der Waals surface area contributed by atoms with Crippen LogP contribution in [0.1, 0.15) is 18.7 Å². The van der Waals surface area contributed by atoms with Gasteiger partial charge in [-0.25, -0.2) is 15.0 Å². The van der Waals surface area contributed by atoms with Gasteiger partial charge in [-0.3, -0.25) is 0 Å². The SMILES string of the molecule is C=C(CNc1ncnc2c(OC)cc(-c3ncc(C)s3)cc12)ON=C(C)C. The molecule has 0 spiro atoms. The Morgan fingerprint density at radius 1 is 1.26 bits per heavy atom. The highest BCUT2D eigenvalue weighted by Gasteiger charge is 2.13. The first-order valence-corrected chi connectivity index (χ1v) is 9.15. The van der Waals surface area contributed by atoms with Gasteiger partial charge in [0.25, 0.3) is 0 Å². The maximum atomic E-state index is 5.54. The summed E-state index contributed by atoms with van der Waals surface area (Å²) < 4.78 is 5.54. The van der Waals surface area contributed by atoms with E-state index < -0.39 is 0 Å². The van der Waals surface area contributed by atoms with Crippen molar-refractivity contribution in [3.05, 3.63) is 41.9 Å². The fraction of sp³-hybridized carbons (Fsp3) is 0.263. The molecule has 0 aliphatic heterocycles. The van der Waals surface area contributed by atoms with Crippen LogP contribution in [0.5, 0.6) is 5.75 Å². The number of benzene rings is 1. The van der Waals surface area contributed by atoms with Crippen molar-refractivity contribution in [1.82, 2.24) is 15.0 Å². The zero-order chi connectivity index (χ0) is 19.4. The molecule has 0 saturated carbocycles. The summed E-state index contributed by atoms with van der Waals surface area (Å²) in [5.41, 5.74) is 2.49. The summed E-state index contributed by atoms with van der Waals surface area (Å²) in [6, 6.07) is 3.95. The van der Waals surface area contributed by atoms with Gasteiger partial charge in [-0.1, -0.05) is 11.7 Å². The molecule has 0 aliphatic carbocycles. The molecule has 1 aromatic carbocycles. The van der Waals surface area contributed by atoms with Gasteiger partial charge in [0.1, 0.15) is 34.2 Å². The van der Waals surface area contributed by atoms with E-state index >= 15 is 0 Å². The number of fused-ring (bicyclic) bond motifs is 1. The molecule has 140 valence electrons. The number of oxime groups is 1. The quantitative estimate of drug-likeness (QED) is 0.370. The maximum absolute atomic E-state index is 5.54. The van der Waals surface area contributed by atoms with E-state index in [4.69, 9.17) is 9.57 Å². The summed E-state index contributed by atoms with van der Waals surface area (Å²) in [4.78, 5) is 19.6. The summed E-state index contributed by atoms with van der Waals surface area (Å²) in [7, 11) is 1.63. The molecule has 0 fully saturated rings. The van der Waals surface area contributed by atoms with E-state index in [1.54, 1.807) is 18.4 Å². The molecule has 0 atom stereocenters. The predicted molar refractivity (Wildman–Crippen MR) is 109 cm³/mol. The molecule has 0 saturated heterocycles. The van der Waals surface area contributed by atoms with E-state index in [-0.39, 0.29) is 0 Å². The topological polar surface area (TPSA) is 81.5 Å². The molecule has 8 heteroatoms. The molecule has 2 aromatic heterocycles. The number of hydrogen-bond acceptors (Lipinski definition) is 8. The third-order valence-electron chi connectivity index (χ3n) is 3.60. The van der Waals surface area contributed by atoms with Crippen molar-refractivity contribution in [2.75, 3.05) is 19.0 Å². The maximum Gasteiger partial charge on any atom is 0.146 e. The van der Waals surface area contributed by atoms with E-state index in [1.165, 1.54) is 6.33 Å². The number of methoxy groups -OCH3 is 1. The van der Waals surface area contributed by atoms with Crippen LogP contribution in [0.4, 0.5) is 5.82 Å². The number of anilines is 1. The highest BCUT2D eigenvalue weighted by Crippen LogP contribution is 2.35. The lowest BCUT2D eigenvalue weighted by Crippen LogP contribution is -2.08. The Balaban J connectivity index is 1.96. The number of thiazole rings is 1. The number of rotatable bonds is 7. The van der Waals surface area contributed by atoms with Crippen molar-refractivity contribution in [1.29, 1.82) is 0 Å². The van der Waals surface area contributed by atoms with Crippen LogP contribution in [0.2, 0.25) is 0 Å². The standard InChI is InChI=1S/C19H21N5O2S/c1-11(2)24-26-12(3)8-20-18-15-6-14(19-21-9-13(4)27-19)7-16(25-5)17(15)22-10-23-18/h6-7,9-10H,3,8H2,1-2,4-5H3,(H,20,22,23). The average molecular weight is 383 g/mol. The summed E-state index contributed by atoms with van der Waals surface area (Å²) in [6.07, 6.45) is 3.35. The number of aromatic nitrogens is 3. The highest BCUT2D eigenvalue weighted by molar-refractivity contribution is 7.14. The summed E-state index contributed by atoms with van der Waals surface area (Å²) in [6.45, 7) is 9.96. The van der Waals surface area contributed by atoms with Crippen LogP contribution in [0, 0.1) is 6.92 Å². The molecule has 3 rings (SSSR count). The Kier molecular flexibility index (Phi) is 5.66. The largest absolute Gasteiger partial charge is 0.494 e. The third kappa shape index (κ3) is 4.40. The van der Waals surface area contributed by atoms with Crippen molar-refractivity contribution >= 4 is 33.8 Å². The number of nitrogens with one attached hydrogen (secondary N) is 1. The first-order chi connectivity index (χ1) is 13.0. The van der Waals surface area contributed by atoms with Crippen LogP contribution in [-0.4, -0.2) is 34.3 Å². The zero-order valence-electron chi connectivity index (χ0n) is 15.7. The van der Waals surface area contributed by atoms with Gasteiger partial charge in [-0.15, -0.1) is 11.3 Å². The number of nitrogens with zero attached hydrogens (tertiary/aromatic N) is 4. The molecule has 0 aliphatic rings. The fourth-order valence-electron chi connectivity index (χ4n) is 2.41. The van der Waals surface area contributed by atoms with Gasteiger partial charge in [0.15, 0.2) is 0 Å². The van der Waals surface area contributed by atoms with Gasteiger partial charge in [0.05, 0.1) is 19.4 Å². The highest BCUT2D eigenvalue weighted by atomic mass is 32.1. The molecule has 0 radical (unpaired) electrons. The Hall–Kier alpha value is -3.00. The Morgan fingerprint density at radius 3 is 2.74 bits per heavy atom. The molecule has 0 bridgehead atoms. The second-order valence-corrected chi connectivity index (χ2v) is 7.33. The fourth-order valence-corrected chi connectivity index (χ4v) is 3.17. The smallest absolute Gasteiger partial charge is 0.146 e. The molecule has 7 nitrogen and oxygen atoms in total. The van der Waals surface area contributed by atoms with Gasteiger partial charge >= 0.3 is 0 Å². The molecule has 2 heterocycles. The summed E-state index contributed by atoms with van der Waals surface area (Å²) in [5, 5.41) is 8.88. The summed E-state index contributed by atoms with van der Waals surface area (Å²) >= 11 is 1.63. The molecular weight excluding hydrogens is 362 g/mol. The summed E-state index contributed by atoms with van der Waals surface area (Å²) in [5.74, 6) is 1.82. The lowest BCUT2D eigenvalue weighted by Gasteiger charge is -2.12. The minimum absolute atomic E-state index is 0.367. The normalized spacial score (nSPS) is 10.5. The minimum Gasteiger partial charge on any atom is -0.494 e. The Morgan fingerprint density at radius 2 is 2.07 bits per heavy atom. The monoisotopic (exact) mass is 383 g/mol. The van der Waals surface area contributed by atoms with E-state index in [9.17, 15) is 0 Å². The molecular formula is C19H21N5O2S. The van der Waals surface area contributed by atoms with Crippen LogP contribution < -0.4 is 10.1 Å². The van der Waals surface area contributed by atoms with Crippen LogP contribution in [0.25, 0.3) is 21.5 Å². The van der Waals surface area contributed by atoms with Crippen LogP contribution in [-0.2, 0) is 4.84 Å². The first-order valence-electron chi connectivity index (χ1n) is 8.33. The van der Waals surface area contributed by atoms with Crippen molar-refractivity contribution < 1.29 is 9.57 Å². The van der Waals surface area contributed by atoms with Crippen LogP contribution >= 0.6 is 11.3 Å². The lowest BCUT2D eigenvalue weighted by molar-refractivity contribution is 0.227. The molecule has 3 aromatic rings. The van der Waals surface area contributed by atoms with Gasteiger partial charge in [0, 0.05) is 22.0 Å². The van der Waals surface area contributed by atoms with Crippen molar-refractivity contribution in [3.8, 4) is 16.3 Å². The third-order valence-corrected chi connectivity index (χ3v) is 4.56. The number of aryl methyl sites for hydroxylation is 1. The minimum atomic E-state index is 0.367. The molecule has 1 N–H and O–H groups in total. The van der Waals surface area contributed by atoms with Crippen molar-refractivity contribution in [2.45, 2.75) is 20.8 Å². The van der Waals surface area contributed by atoms with E-state index in [1.807, 2.05) is 39.1 Å². The number of hydrogen-bond donors (Lipinski definition) is 1. The molecule has 27 heavy (non-hydrogen) atoms. The predicted octanol–water partition coefficient (Wildman–Crippen LogP) is 4.41. The Labute approximate surface area is 161 Å². The second kappa shape index (κ2) is 8.13. The van der Waals surface area contributed by atoms with E-state index in [2.05, 4.69) is 32.0 Å². The van der Waals surface area contributed by atoms with E-state index in [0.29, 0.717) is 23.9 Å². The van der Waals surface area contributed by atoms with Gasteiger partial charge in [-0.05, 0) is 32.9 Å². The average Bonchev–Trinajstić information content (AvgIpc) is 3.10. The molecule has 0 unspecified atom stereocenters. The molecule has 0 amide bonds. The van der Waals surface area contributed by atoms with Gasteiger partial charge in [0.2, 0.25) is 0 Å². The van der Waals surface area contributed by atoms with Gasteiger partial charge in [-0.2, -0.15) is 0 Å². The lowest BCUT2D eigenvalue weighted by atomic mass is 10.1. The second-order valence-electron chi connectivity index (χ2n) is 6.10. The van der Waals surface area contributed by atoms with Gasteiger partial charge < -0.3 is 14.9 Å². The number of ether oxygens (including phenoxy) is 1. The zero-order valence-corrected chi connectivity index (χ0v) is 16.6. The van der Waals surface area contributed by atoms with Crippen LogP contribution in [0.3, 0.4) is 0 Å².